The van der Waals surface area contributed by atoms with E-state index in [1.54, 1.807) is 0 Å². The van der Waals surface area contributed by atoms with Crippen LogP contribution < -0.4 is 5.32 Å². The molecule has 1 fully saturated rings. The summed E-state index contributed by atoms with van der Waals surface area (Å²) in [5.74, 6) is -1.63. The molecule has 4 nitrogen and oxygen atoms in total. The zero-order chi connectivity index (χ0) is 13.8. The van der Waals surface area contributed by atoms with Crippen LogP contribution in [0.4, 0.5) is 10.1 Å². The highest BCUT2D eigenvalue weighted by Gasteiger charge is 2.19. The molecule has 0 amide bonds. The van der Waals surface area contributed by atoms with Crippen molar-refractivity contribution >= 4 is 11.7 Å². The second-order valence-corrected chi connectivity index (χ2v) is 5.01. The molecule has 0 bridgehead atoms. The maximum atomic E-state index is 13.7. The second-order valence-electron chi connectivity index (χ2n) is 5.01. The van der Waals surface area contributed by atoms with Gasteiger partial charge in [-0.25, -0.2) is 9.18 Å². The van der Waals surface area contributed by atoms with E-state index in [1.807, 2.05) is 0 Å². The first-order chi connectivity index (χ1) is 9.08. The van der Waals surface area contributed by atoms with Gasteiger partial charge in [-0.2, -0.15) is 0 Å². The van der Waals surface area contributed by atoms with Crippen LogP contribution in [0.25, 0.3) is 0 Å². The van der Waals surface area contributed by atoms with Crippen LogP contribution in [0.5, 0.6) is 0 Å². The quantitative estimate of drug-likeness (QED) is 0.878. The number of carboxylic acid groups (broad SMARTS) is 1. The van der Waals surface area contributed by atoms with Gasteiger partial charge in [0, 0.05) is 12.6 Å². The first kappa shape index (κ1) is 13.8. The van der Waals surface area contributed by atoms with Crippen molar-refractivity contribution < 1.29 is 14.3 Å². The molecule has 0 aromatic heterocycles. The molecule has 1 atom stereocenters. The normalized spacial score (nSPS) is 20.2. The number of benzene rings is 1. The van der Waals surface area contributed by atoms with Crippen LogP contribution >= 0.6 is 0 Å². The van der Waals surface area contributed by atoms with Gasteiger partial charge in [-0.1, -0.05) is 6.42 Å². The second kappa shape index (κ2) is 6.02. The fourth-order valence-corrected chi connectivity index (χ4v) is 2.42. The number of halogens is 1. The highest BCUT2D eigenvalue weighted by atomic mass is 19.1. The van der Waals surface area contributed by atoms with Crippen molar-refractivity contribution in [3.63, 3.8) is 0 Å². The zero-order valence-corrected chi connectivity index (χ0v) is 11.0. The number of hydrogen-bond acceptors (Lipinski definition) is 3. The maximum absolute atomic E-state index is 13.7. The van der Waals surface area contributed by atoms with Gasteiger partial charge < -0.3 is 15.3 Å². The minimum atomic E-state index is -1.11. The summed E-state index contributed by atoms with van der Waals surface area (Å²) in [6.45, 7) is 1.76. The van der Waals surface area contributed by atoms with Crippen LogP contribution in [0.3, 0.4) is 0 Å². The molecule has 1 heterocycles. The molecule has 0 saturated carbocycles. The highest BCUT2D eigenvalue weighted by molar-refractivity contribution is 5.88. The summed E-state index contributed by atoms with van der Waals surface area (Å²) in [7, 11) is 2.08. The number of hydrogen-bond donors (Lipinski definition) is 2. The van der Waals surface area contributed by atoms with Crippen molar-refractivity contribution in [2.75, 3.05) is 25.5 Å². The molecule has 2 rings (SSSR count). The van der Waals surface area contributed by atoms with E-state index in [2.05, 4.69) is 17.3 Å². The Labute approximate surface area is 112 Å². The lowest BCUT2D eigenvalue weighted by Gasteiger charge is -2.32. The van der Waals surface area contributed by atoms with Gasteiger partial charge in [0.25, 0.3) is 0 Å². The minimum Gasteiger partial charge on any atom is -0.478 e. The van der Waals surface area contributed by atoms with Crippen molar-refractivity contribution in [1.29, 1.82) is 0 Å². The van der Waals surface area contributed by atoms with E-state index in [9.17, 15) is 9.18 Å². The number of likely N-dealkylation sites (N-methyl/N-ethyl adjacent to an activating group) is 1. The van der Waals surface area contributed by atoms with Gasteiger partial charge in [0.1, 0.15) is 5.82 Å². The summed E-state index contributed by atoms with van der Waals surface area (Å²) in [4.78, 5) is 13.0. The Morgan fingerprint density at radius 2 is 2.32 bits per heavy atom. The van der Waals surface area contributed by atoms with Crippen molar-refractivity contribution in [2.24, 2.45) is 0 Å². The van der Waals surface area contributed by atoms with Crippen LogP contribution in [0.1, 0.15) is 29.6 Å². The molecule has 5 heteroatoms. The SMILES string of the molecule is CN1CCCCC1CNc1ccc(C(=O)O)cc1F. The van der Waals surface area contributed by atoms with Gasteiger partial charge in [0.2, 0.25) is 0 Å². The Hall–Kier alpha value is -1.62. The van der Waals surface area contributed by atoms with Crippen LogP contribution in [0.2, 0.25) is 0 Å². The molecule has 0 radical (unpaired) electrons. The van der Waals surface area contributed by atoms with E-state index in [1.165, 1.54) is 25.0 Å². The summed E-state index contributed by atoms with van der Waals surface area (Å²) in [5, 5.41) is 11.8. The number of anilines is 1. The van der Waals surface area contributed by atoms with E-state index in [4.69, 9.17) is 5.11 Å². The molecule has 19 heavy (non-hydrogen) atoms. The smallest absolute Gasteiger partial charge is 0.335 e. The molecule has 1 saturated heterocycles. The fraction of sp³-hybridized carbons (Fsp3) is 0.500. The number of nitrogens with one attached hydrogen (secondary N) is 1. The van der Waals surface area contributed by atoms with Gasteiger partial charge >= 0.3 is 5.97 Å². The average molecular weight is 266 g/mol. The predicted molar refractivity (Wildman–Crippen MR) is 72.1 cm³/mol. The van der Waals surface area contributed by atoms with Crippen LogP contribution in [0.15, 0.2) is 18.2 Å². The van der Waals surface area contributed by atoms with E-state index in [0.29, 0.717) is 18.3 Å². The van der Waals surface area contributed by atoms with Gasteiger partial charge in [-0.05, 0) is 44.6 Å². The fourth-order valence-electron chi connectivity index (χ4n) is 2.42. The van der Waals surface area contributed by atoms with Crippen LogP contribution in [-0.4, -0.2) is 42.2 Å². The summed E-state index contributed by atoms with van der Waals surface area (Å²) in [6.07, 6.45) is 3.53. The summed E-state index contributed by atoms with van der Waals surface area (Å²) >= 11 is 0. The first-order valence-electron chi connectivity index (χ1n) is 6.55. The number of aromatic carboxylic acids is 1. The Morgan fingerprint density at radius 3 is 2.95 bits per heavy atom. The minimum absolute atomic E-state index is 0.0298. The molecule has 1 aliphatic heterocycles. The number of carbonyl (C=O) groups is 1. The number of piperidine rings is 1. The number of nitrogens with zero attached hydrogens (tertiary/aromatic N) is 1. The Kier molecular flexibility index (Phi) is 4.37. The molecule has 0 aliphatic carbocycles. The topological polar surface area (TPSA) is 52.6 Å². The van der Waals surface area contributed by atoms with E-state index >= 15 is 0 Å². The summed E-state index contributed by atoms with van der Waals surface area (Å²) in [5.41, 5.74) is 0.335. The Morgan fingerprint density at radius 1 is 1.53 bits per heavy atom. The third-order valence-corrected chi connectivity index (χ3v) is 3.67. The monoisotopic (exact) mass is 266 g/mol. The highest BCUT2D eigenvalue weighted by Crippen LogP contribution is 2.19. The molecular formula is C14H19FN2O2. The summed E-state index contributed by atoms with van der Waals surface area (Å²) in [6, 6.07) is 4.36. The molecule has 0 spiro atoms. The third-order valence-electron chi connectivity index (χ3n) is 3.67. The predicted octanol–water partition coefficient (Wildman–Crippen LogP) is 2.42. The number of carboxylic acids is 1. The lowest BCUT2D eigenvalue weighted by Crippen LogP contribution is -2.40. The molecule has 1 unspecified atom stereocenters. The molecule has 1 aromatic rings. The van der Waals surface area contributed by atoms with Gasteiger partial charge in [-0.15, -0.1) is 0 Å². The average Bonchev–Trinajstić information content (AvgIpc) is 2.39. The van der Waals surface area contributed by atoms with Gasteiger partial charge in [0.15, 0.2) is 0 Å². The van der Waals surface area contributed by atoms with Crippen LogP contribution in [0, 0.1) is 5.82 Å². The van der Waals surface area contributed by atoms with Crippen LogP contribution in [-0.2, 0) is 0 Å². The molecule has 104 valence electrons. The molecule has 2 N–H and O–H groups in total. The van der Waals surface area contributed by atoms with E-state index in [0.717, 1.165) is 19.0 Å². The maximum Gasteiger partial charge on any atom is 0.335 e. The first-order valence-corrected chi connectivity index (χ1v) is 6.55. The molecule has 1 aliphatic rings. The van der Waals surface area contributed by atoms with Crippen molar-refractivity contribution in [3.05, 3.63) is 29.6 Å². The summed E-state index contributed by atoms with van der Waals surface area (Å²) < 4.78 is 13.7. The van der Waals surface area contributed by atoms with Crippen molar-refractivity contribution in [2.45, 2.75) is 25.3 Å². The molecular weight excluding hydrogens is 247 g/mol. The lowest BCUT2D eigenvalue weighted by atomic mass is 10.0. The van der Waals surface area contributed by atoms with E-state index < -0.39 is 11.8 Å². The van der Waals surface area contributed by atoms with Crippen molar-refractivity contribution in [1.82, 2.24) is 4.90 Å². The third kappa shape index (κ3) is 3.44. The number of likely N-dealkylation sites (tertiary alicyclic amines) is 1. The largest absolute Gasteiger partial charge is 0.478 e. The Bertz CT molecular complexity index is 465. The van der Waals surface area contributed by atoms with Gasteiger partial charge in [-0.3, -0.25) is 0 Å². The van der Waals surface area contributed by atoms with Crippen molar-refractivity contribution in [3.8, 4) is 0 Å². The number of rotatable bonds is 4. The van der Waals surface area contributed by atoms with E-state index in [-0.39, 0.29) is 5.56 Å². The molecule has 1 aromatic carbocycles. The standard InChI is InChI=1S/C14H19FN2O2/c1-17-7-3-2-4-11(17)9-16-13-6-5-10(14(18)19)8-12(13)15/h5-6,8,11,16H,2-4,7,9H2,1H3,(H,18,19). The Balaban J connectivity index is 1.97. The zero-order valence-electron chi connectivity index (χ0n) is 11.0. The van der Waals surface area contributed by atoms with Gasteiger partial charge in [0.05, 0.1) is 11.3 Å². The lowest BCUT2D eigenvalue weighted by molar-refractivity contribution is 0.0696.